The van der Waals surface area contributed by atoms with E-state index in [2.05, 4.69) is 36.3 Å². The Bertz CT molecular complexity index is 470. The summed E-state index contributed by atoms with van der Waals surface area (Å²) in [5.74, 6) is 0.753. The maximum atomic E-state index is 12.6. The summed E-state index contributed by atoms with van der Waals surface area (Å²) in [6.45, 7) is 5.95. The van der Waals surface area contributed by atoms with Crippen molar-refractivity contribution >= 4 is 11.6 Å². The Morgan fingerprint density at radius 2 is 2.09 bits per heavy atom. The van der Waals surface area contributed by atoms with Gasteiger partial charge in [-0.05, 0) is 63.0 Å². The fourth-order valence-corrected chi connectivity index (χ4v) is 3.21. The minimum atomic E-state index is 0.172. The average molecular weight is 303 g/mol. The van der Waals surface area contributed by atoms with E-state index in [1.54, 1.807) is 0 Å². The van der Waals surface area contributed by atoms with Gasteiger partial charge in [0.05, 0.1) is 0 Å². The number of hydrogen-bond acceptors (Lipinski definition) is 3. The lowest BCUT2D eigenvalue weighted by Crippen LogP contribution is -2.42. The van der Waals surface area contributed by atoms with Crippen molar-refractivity contribution < 1.29 is 4.79 Å². The lowest BCUT2D eigenvalue weighted by atomic mass is 9.97. The van der Waals surface area contributed by atoms with Gasteiger partial charge in [-0.25, -0.2) is 0 Å². The monoisotopic (exact) mass is 303 g/mol. The molecule has 22 heavy (non-hydrogen) atoms. The third-order valence-electron chi connectivity index (χ3n) is 4.41. The summed E-state index contributed by atoms with van der Waals surface area (Å²) in [5, 5.41) is 3.23. The minimum Gasteiger partial charge on any atom is -0.375 e. The Balaban J connectivity index is 2.00. The van der Waals surface area contributed by atoms with Crippen LogP contribution in [0.25, 0.3) is 0 Å². The van der Waals surface area contributed by atoms with E-state index in [0.29, 0.717) is 5.92 Å². The molecule has 1 aliphatic rings. The van der Waals surface area contributed by atoms with E-state index < -0.39 is 0 Å². The highest BCUT2D eigenvalue weighted by Gasteiger charge is 2.24. The topological polar surface area (TPSA) is 35.6 Å². The molecule has 1 amide bonds. The van der Waals surface area contributed by atoms with Crippen LogP contribution < -0.4 is 10.2 Å². The van der Waals surface area contributed by atoms with Crippen molar-refractivity contribution in [2.75, 3.05) is 45.2 Å². The Labute approximate surface area is 134 Å². The second kappa shape index (κ2) is 8.18. The van der Waals surface area contributed by atoms with Crippen LogP contribution in [0.5, 0.6) is 0 Å². The minimum absolute atomic E-state index is 0.172. The van der Waals surface area contributed by atoms with E-state index in [-0.39, 0.29) is 5.91 Å². The number of hydrogen-bond donors (Lipinski definition) is 1. The van der Waals surface area contributed by atoms with E-state index in [0.717, 1.165) is 44.6 Å². The van der Waals surface area contributed by atoms with Crippen LogP contribution in [0.15, 0.2) is 24.3 Å². The Morgan fingerprint density at radius 3 is 2.73 bits per heavy atom. The molecule has 1 aromatic rings. The molecule has 1 atom stereocenters. The number of carbonyl (C=O) groups is 1. The zero-order valence-electron chi connectivity index (χ0n) is 14.1. The van der Waals surface area contributed by atoms with Gasteiger partial charge in [-0.2, -0.15) is 0 Å². The van der Waals surface area contributed by atoms with Gasteiger partial charge < -0.3 is 15.1 Å². The van der Waals surface area contributed by atoms with E-state index in [9.17, 15) is 4.79 Å². The average Bonchev–Trinajstić information content (AvgIpc) is 2.55. The van der Waals surface area contributed by atoms with Gasteiger partial charge in [0.2, 0.25) is 0 Å². The van der Waals surface area contributed by atoms with Crippen LogP contribution >= 0.6 is 0 Å². The second-order valence-electron chi connectivity index (χ2n) is 6.29. The van der Waals surface area contributed by atoms with Crippen molar-refractivity contribution in [3.8, 4) is 0 Å². The van der Waals surface area contributed by atoms with Crippen LogP contribution in [0.4, 0.5) is 5.69 Å². The van der Waals surface area contributed by atoms with Crippen LogP contribution in [0.2, 0.25) is 0 Å². The van der Waals surface area contributed by atoms with E-state index in [1.165, 1.54) is 12.1 Å². The van der Waals surface area contributed by atoms with Crippen molar-refractivity contribution in [2.45, 2.75) is 26.2 Å². The number of rotatable bonds is 6. The highest BCUT2D eigenvalue weighted by molar-refractivity contribution is 5.94. The fraction of sp³-hybridized carbons (Fsp3) is 0.611. The predicted molar refractivity (Wildman–Crippen MR) is 92.6 cm³/mol. The molecule has 0 aliphatic carbocycles. The second-order valence-corrected chi connectivity index (χ2v) is 6.29. The molecule has 1 fully saturated rings. The van der Waals surface area contributed by atoms with Crippen molar-refractivity contribution in [3.05, 3.63) is 29.8 Å². The number of piperidine rings is 1. The number of anilines is 1. The molecule has 0 spiro atoms. The molecule has 4 nitrogen and oxygen atoms in total. The number of amides is 1. The summed E-state index contributed by atoms with van der Waals surface area (Å²) in [7, 11) is 4.07. The van der Waals surface area contributed by atoms with E-state index in [4.69, 9.17) is 0 Å². The zero-order valence-corrected chi connectivity index (χ0v) is 14.1. The first-order valence-corrected chi connectivity index (χ1v) is 8.40. The Kier molecular flexibility index (Phi) is 6.25. The normalized spacial score (nSPS) is 18.3. The summed E-state index contributed by atoms with van der Waals surface area (Å²) in [6.07, 6.45) is 3.44. The number of likely N-dealkylation sites (tertiary alicyclic amines) is 1. The summed E-state index contributed by atoms with van der Waals surface area (Å²) in [6, 6.07) is 8.03. The van der Waals surface area contributed by atoms with E-state index >= 15 is 0 Å². The molecule has 1 heterocycles. The van der Waals surface area contributed by atoms with Gasteiger partial charge in [0.1, 0.15) is 0 Å². The molecule has 122 valence electrons. The SMILES string of the molecule is CCCN(C)c1ccc(C(=O)N2CCCC(CNC)C2)cc1. The van der Waals surface area contributed by atoms with Crippen molar-refractivity contribution in [1.82, 2.24) is 10.2 Å². The molecule has 4 heteroatoms. The van der Waals surface area contributed by atoms with Gasteiger partial charge >= 0.3 is 0 Å². The molecular formula is C18H29N3O. The molecule has 1 aliphatic heterocycles. The van der Waals surface area contributed by atoms with Crippen molar-refractivity contribution in [1.29, 1.82) is 0 Å². The molecule has 1 N–H and O–H groups in total. The van der Waals surface area contributed by atoms with Crippen LogP contribution in [0, 0.1) is 5.92 Å². The first-order chi connectivity index (χ1) is 10.7. The lowest BCUT2D eigenvalue weighted by Gasteiger charge is -2.33. The molecule has 1 saturated heterocycles. The summed E-state index contributed by atoms with van der Waals surface area (Å²) >= 11 is 0. The molecule has 0 radical (unpaired) electrons. The number of nitrogens with one attached hydrogen (secondary N) is 1. The molecule has 2 rings (SSSR count). The molecule has 1 unspecified atom stereocenters. The molecule has 1 aromatic carbocycles. The Morgan fingerprint density at radius 1 is 1.36 bits per heavy atom. The first-order valence-electron chi connectivity index (χ1n) is 8.40. The number of benzene rings is 1. The third kappa shape index (κ3) is 4.23. The van der Waals surface area contributed by atoms with Gasteiger partial charge in [0, 0.05) is 37.9 Å². The maximum Gasteiger partial charge on any atom is 0.253 e. The highest BCUT2D eigenvalue weighted by Crippen LogP contribution is 2.20. The summed E-state index contributed by atoms with van der Waals surface area (Å²) in [5.41, 5.74) is 1.98. The molecular weight excluding hydrogens is 274 g/mol. The number of carbonyl (C=O) groups excluding carboxylic acids is 1. The lowest BCUT2D eigenvalue weighted by molar-refractivity contribution is 0.0674. The van der Waals surface area contributed by atoms with Crippen LogP contribution in [-0.4, -0.2) is 51.1 Å². The smallest absolute Gasteiger partial charge is 0.253 e. The standard InChI is InChI=1S/C18H29N3O/c1-4-11-20(3)17-9-7-16(8-10-17)18(22)21-12-5-6-15(14-21)13-19-2/h7-10,15,19H,4-6,11-14H2,1-3H3. The first kappa shape index (κ1) is 16.8. The van der Waals surface area contributed by atoms with Gasteiger partial charge in [-0.15, -0.1) is 0 Å². The third-order valence-corrected chi connectivity index (χ3v) is 4.41. The van der Waals surface area contributed by atoms with Crippen LogP contribution in [0.1, 0.15) is 36.5 Å². The van der Waals surface area contributed by atoms with Gasteiger partial charge in [-0.3, -0.25) is 4.79 Å². The molecule has 0 bridgehead atoms. The Hall–Kier alpha value is -1.55. The van der Waals surface area contributed by atoms with Gasteiger partial charge in [0.25, 0.3) is 5.91 Å². The predicted octanol–water partition coefficient (Wildman–Crippen LogP) is 2.60. The zero-order chi connectivity index (χ0) is 15.9. The van der Waals surface area contributed by atoms with Crippen LogP contribution in [-0.2, 0) is 0 Å². The summed E-state index contributed by atoms with van der Waals surface area (Å²) < 4.78 is 0. The van der Waals surface area contributed by atoms with Gasteiger partial charge in [0.15, 0.2) is 0 Å². The largest absolute Gasteiger partial charge is 0.375 e. The van der Waals surface area contributed by atoms with Crippen molar-refractivity contribution in [2.24, 2.45) is 5.92 Å². The number of nitrogens with zero attached hydrogens (tertiary/aromatic N) is 2. The van der Waals surface area contributed by atoms with Gasteiger partial charge in [-0.1, -0.05) is 6.92 Å². The fourth-order valence-electron chi connectivity index (χ4n) is 3.21. The maximum absolute atomic E-state index is 12.6. The van der Waals surface area contributed by atoms with Crippen LogP contribution in [0.3, 0.4) is 0 Å². The van der Waals surface area contributed by atoms with Crippen molar-refractivity contribution in [3.63, 3.8) is 0 Å². The highest BCUT2D eigenvalue weighted by atomic mass is 16.2. The van der Waals surface area contributed by atoms with E-state index in [1.807, 2.05) is 24.1 Å². The quantitative estimate of drug-likeness (QED) is 0.877. The molecule has 0 saturated carbocycles. The molecule has 0 aromatic heterocycles. The summed E-state index contributed by atoms with van der Waals surface area (Å²) in [4.78, 5) is 16.9.